The fraction of sp³-hybridized carbons (Fsp3) is 0.0667. The van der Waals surface area contributed by atoms with Crippen LogP contribution in [0, 0.1) is 0 Å². The molecular formula is C15H10BrNO2. The van der Waals surface area contributed by atoms with E-state index in [4.69, 9.17) is 0 Å². The highest BCUT2D eigenvalue weighted by Crippen LogP contribution is 2.24. The zero-order chi connectivity index (χ0) is 13.4. The normalized spacial score (nSPS) is 13.8. The zero-order valence-electron chi connectivity index (χ0n) is 9.97. The molecule has 1 aliphatic heterocycles. The highest BCUT2D eigenvalue weighted by Gasteiger charge is 2.34. The summed E-state index contributed by atoms with van der Waals surface area (Å²) < 4.78 is 0.932. The number of halogens is 1. The van der Waals surface area contributed by atoms with Gasteiger partial charge in [0.2, 0.25) is 0 Å². The fourth-order valence-corrected chi connectivity index (χ4v) is 2.65. The Morgan fingerprint density at radius 2 is 1.53 bits per heavy atom. The van der Waals surface area contributed by atoms with Crippen molar-refractivity contribution >= 4 is 27.7 Å². The molecule has 1 heterocycles. The number of benzene rings is 2. The van der Waals surface area contributed by atoms with Gasteiger partial charge in [-0.15, -0.1) is 0 Å². The van der Waals surface area contributed by atoms with Gasteiger partial charge < -0.3 is 0 Å². The molecule has 3 rings (SSSR count). The Balaban J connectivity index is 1.92. The summed E-state index contributed by atoms with van der Waals surface area (Å²) in [6.45, 7) is 0.297. The third-order valence-electron chi connectivity index (χ3n) is 3.11. The molecule has 0 N–H and O–H groups in total. The molecule has 2 aromatic carbocycles. The molecule has 2 aromatic rings. The molecule has 3 nitrogen and oxygen atoms in total. The maximum Gasteiger partial charge on any atom is 0.261 e. The minimum absolute atomic E-state index is 0.222. The number of rotatable bonds is 2. The average Bonchev–Trinajstić information content (AvgIpc) is 2.65. The van der Waals surface area contributed by atoms with E-state index in [9.17, 15) is 9.59 Å². The van der Waals surface area contributed by atoms with Crippen LogP contribution in [-0.2, 0) is 6.54 Å². The van der Waals surface area contributed by atoms with Gasteiger partial charge in [-0.05, 0) is 29.8 Å². The number of fused-ring (bicyclic) bond motifs is 1. The van der Waals surface area contributed by atoms with Gasteiger partial charge in [-0.3, -0.25) is 14.5 Å². The molecule has 0 aromatic heterocycles. The molecule has 2 amide bonds. The van der Waals surface area contributed by atoms with Crippen molar-refractivity contribution in [3.63, 3.8) is 0 Å². The summed E-state index contributed by atoms with van der Waals surface area (Å²) in [6.07, 6.45) is 0. The average molecular weight is 316 g/mol. The van der Waals surface area contributed by atoms with Crippen molar-refractivity contribution in [2.24, 2.45) is 0 Å². The van der Waals surface area contributed by atoms with Crippen LogP contribution in [0.2, 0.25) is 0 Å². The van der Waals surface area contributed by atoms with Crippen LogP contribution < -0.4 is 0 Å². The first kappa shape index (κ1) is 12.1. The largest absolute Gasteiger partial charge is 0.270 e. The topological polar surface area (TPSA) is 37.4 Å². The van der Waals surface area contributed by atoms with Crippen LogP contribution in [0.1, 0.15) is 26.3 Å². The molecule has 19 heavy (non-hydrogen) atoms. The molecule has 94 valence electrons. The van der Waals surface area contributed by atoms with Crippen molar-refractivity contribution in [1.82, 2.24) is 4.90 Å². The second kappa shape index (κ2) is 4.63. The van der Waals surface area contributed by atoms with Crippen LogP contribution in [-0.4, -0.2) is 16.7 Å². The Labute approximate surface area is 119 Å². The minimum Gasteiger partial charge on any atom is -0.270 e. The minimum atomic E-state index is -0.222. The van der Waals surface area contributed by atoms with Gasteiger partial charge in [0.25, 0.3) is 11.8 Å². The second-order valence-corrected chi connectivity index (χ2v) is 5.29. The molecule has 0 saturated carbocycles. The number of carbonyl (C=O) groups excluding carboxylic acids is 2. The van der Waals surface area contributed by atoms with Crippen LogP contribution in [0.15, 0.2) is 53.0 Å². The van der Waals surface area contributed by atoms with Gasteiger partial charge in [0.05, 0.1) is 17.7 Å². The summed E-state index contributed by atoms with van der Waals surface area (Å²) in [5, 5.41) is 0. The molecule has 1 aliphatic rings. The number of hydrogen-bond donors (Lipinski definition) is 0. The van der Waals surface area contributed by atoms with Gasteiger partial charge in [0, 0.05) is 4.47 Å². The van der Waals surface area contributed by atoms with Crippen LogP contribution in [0.3, 0.4) is 0 Å². The summed E-state index contributed by atoms with van der Waals surface area (Å²) >= 11 is 3.38. The van der Waals surface area contributed by atoms with Crippen LogP contribution in [0.25, 0.3) is 0 Å². The molecule has 0 spiro atoms. The van der Waals surface area contributed by atoms with Gasteiger partial charge in [0.15, 0.2) is 0 Å². The van der Waals surface area contributed by atoms with E-state index in [1.807, 2.05) is 24.3 Å². The van der Waals surface area contributed by atoms with E-state index in [1.54, 1.807) is 24.3 Å². The first-order valence-electron chi connectivity index (χ1n) is 5.86. The summed E-state index contributed by atoms with van der Waals surface area (Å²) in [7, 11) is 0. The van der Waals surface area contributed by atoms with Crippen molar-refractivity contribution in [1.29, 1.82) is 0 Å². The van der Waals surface area contributed by atoms with Gasteiger partial charge in [0.1, 0.15) is 0 Å². The summed E-state index contributed by atoms with van der Waals surface area (Å²) in [5.41, 5.74) is 1.90. The highest BCUT2D eigenvalue weighted by atomic mass is 79.9. The van der Waals surface area contributed by atoms with E-state index in [-0.39, 0.29) is 11.8 Å². The van der Waals surface area contributed by atoms with Crippen molar-refractivity contribution in [2.45, 2.75) is 6.54 Å². The Morgan fingerprint density at radius 3 is 2.11 bits per heavy atom. The predicted octanol–water partition coefficient (Wildman–Crippen LogP) is 3.25. The number of amides is 2. The number of imide groups is 1. The second-order valence-electron chi connectivity index (χ2n) is 4.37. The Kier molecular flexibility index (Phi) is 2.95. The van der Waals surface area contributed by atoms with Crippen molar-refractivity contribution in [3.05, 3.63) is 69.7 Å². The predicted molar refractivity (Wildman–Crippen MR) is 74.8 cm³/mol. The molecule has 0 saturated heterocycles. The molecule has 0 aliphatic carbocycles. The van der Waals surface area contributed by atoms with Gasteiger partial charge in [-0.25, -0.2) is 0 Å². The summed E-state index contributed by atoms with van der Waals surface area (Å²) in [6, 6.07) is 14.5. The van der Waals surface area contributed by atoms with E-state index in [2.05, 4.69) is 15.9 Å². The van der Waals surface area contributed by atoms with Crippen LogP contribution in [0.5, 0.6) is 0 Å². The standard InChI is InChI=1S/C15H10BrNO2/c16-11-5-3-4-10(8-11)9-17-14(18)12-6-1-2-7-13(12)15(17)19/h1-8H,9H2. The smallest absolute Gasteiger partial charge is 0.261 e. The van der Waals surface area contributed by atoms with Crippen LogP contribution in [0.4, 0.5) is 0 Å². The molecule has 0 atom stereocenters. The van der Waals surface area contributed by atoms with Gasteiger partial charge >= 0.3 is 0 Å². The quantitative estimate of drug-likeness (QED) is 0.798. The maximum absolute atomic E-state index is 12.2. The van der Waals surface area contributed by atoms with Gasteiger partial charge in [-0.1, -0.05) is 40.2 Å². The lowest BCUT2D eigenvalue weighted by atomic mass is 10.1. The first-order valence-corrected chi connectivity index (χ1v) is 6.66. The Morgan fingerprint density at radius 1 is 0.895 bits per heavy atom. The van der Waals surface area contributed by atoms with Crippen molar-refractivity contribution in [3.8, 4) is 0 Å². The van der Waals surface area contributed by atoms with Crippen molar-refractivity contribution in [2.75, 3.05) is 0 Å². The van der Waals surface area contributed by atoms with Crippen molar-refractivity contribution < 1.29 is 9.59 Å². The Hall–Kier alpha value is -1.94. The number of nitrogens with zero attached hydrogens (tertiary/aromatic N) is 1. The molecule has 0 unspecified atom stereocenters. The number of carbonyl (C=O) groups is 2. The zero-order valence-corrected chi connectivity index (χ0v) is 11.6. The number of hydrogen-bond acceptors (Lipinski definition) is 2. The molecule has 0 fully saturated rings. The van der Waals surface area contributed by atoms with E-state index in [0.29, 0.717) is 17.7 Å². The van der Waals surface area contributed by atoms with Crippen LogP contribution >= 0.6 is 15.9 Å². The maximum atomic E-state index is 12.2. The summed E-state index contributed by atoms with van der Waals surface area (Å²) in [5.74, 6) is -0.443. The monoisotopic (exact) mass is 315 g/mol. The lowest BCUT2D eigenvalue weighted by Crippen LogP contribution is -2.29. The molecular weight excluding hydrogens is 306 g/mol. The third kappa shape index (κ3) is 2.08. The van der Waals surface area contributed by atoms with E-state index in [0.717, 1.165) is 10.0 Å². The molecule has 4 heteroatoms. The lowest BCUT2D eigenvalue weighted by molar-refractivity contribution is 0.0642. The summed E-state index contributed by atoms with van der Waals surface area (Å²) in [4.78, 5) is 25.7. The highest BCUT2D eigenvalue weighted by molar-refractivity contribution is 9.10. The SMILES string of the molecule is O=C1c2ccccc2C(=O)N1Cc1cccc(Br)c1. The van der Waals surface area contributed by atoms with E-state index >= 15 is 0 Å². The lowest BCUT2D eigenvalue weighted by Gasteiger charge is -2.13. The first-order chi connectivity index (χ1) is 9.16. The van der Waals surface area contributed by atoms with E-state index < -0.39 is 0 Å². The molecule has 0 radical (unpaired) electrons. The Bertz CT molecular complexity index is 646. The fourth-order valence-electron chi connectivity index (χ4n) is 2.20. The van der Waals surface area contributed by atoms with E-state index in [1.165, 1.54) is 4.90 Å². The molecule has 0 bridgehead atoms. The van der Waals surface area contributed by atoms with Gasteiger partial charge in [-0.2, -0.15) is 0 Å². The third-order valence-corrected chi connectivity index (χ3v) is 3.60.